The van der Waals surface area contributed by atoms with Gasteiger partial charge in [0.25, 0.3) is 0 Å². The molecule has 2 heterocycles. The Bertz CT molecular complexity index is 838. The summed E-state index contributed by atoms with van der Waals surface area (Å²) >= 11 is 0. The minimum Gasteiger partial charge on any atom is -0.442 e. The van der Waals surface area contributed by atoms with E-state index in [0.717, 1.165) is 5.56 Å². The van der Waals surface area contributed by atoms with Crippen LogP contribution in [0.1, 0.15) is 5.89 Å². The Kier molecular flexibility index (Phi) is 3.59. The zero-order valence-corrected chi connectivity index (χ0v) is 12.5. The Hall–Kier alpha value is -3.35. The topological polar surface area (TPSA) is 86.5 Å². The van der Waals surface area contributed by atoms with Crippen LogP contribution in [0.3, 0.4) is 0 Å². The third-order valence-corrected chi connectivity index (χ3v) is 3.45. The fourth-order valence-corrected chi connectivity index (χ4v) is 2.28. The van der Waals surface area contributed by atoms with Gasteiger partial charge in [0.1, 0.15) is 0 Å². The second kappa shape index (κ2) is 6.04. The molecule has 3 aromatic rings. The molecule has 0 saturated heterocycles. The Morgan fingerprint density at radius 3 is 2.38 bits per heavy atom. The average molecular weight is 323 g/mol. The molecule has 0 radical (unpaired) electrons. The second-order valence-electron chi connectivity index (χ2n) is 5.11. The van der Waals surface area contributed by atoms with Crippen molar-refractivity contribution in [2.45, 2.75) is 12.8 Å². The third-order valence-electron chi connectivity index (χ3n) is 3.45. The van der Waals surface area contributed by atoms with E-state index in [0.29, 0.717) is 23.2 Å². The molecule has 0 saturated carbocycles. The summed E-state index contributed by atoms with van der Waals surface area (Å²) in [5.41, 5.74) is 0.844. The van der Waals surface area contributed by atoms with Gasteiger partial charge in [0.15, 0.2) is 11.5 Å². The van der Waals surface area contributed by atoms with E-state index in [1.807, 2.05) is 42.5 Å². The molecule has 7 nitrogen and oxygen atoms in total. The Morgan fingerprint density at radius 2 is 1.67 bits per heavy atom. The van der Waals surface area contributed by atoms with E-state index in [9.17, 15) is 4.79 Å². The number of carbonyl (C=O) groups is 1. The maximum Gasteiger partial charge on any atom is 0.321 e. The number of carbonyl (C=O) groups excluding carboxylic acids is 1. The molecule has 1 aromatic heterocycles. The first-order valence-corrected chi connectivity index (χ1v) is 7.38. The van der Waals surface area contributed by atoms with Gasteiger partial charge in [0.2, 0.25) is 11.7 Å². The predicted molar refractivity (Wildman–Crippen MR) is 83.1 cm³/mol. The van der Waals surface area contributed by atoms with Crippen LogP contribution in [0.2, 0.25) is 0 Å². The quantitative estimate of drug-likeness (QED) is 0.792. The van der Waals surface area contributed by atoms with Crippen molar-refractivity contribution in [3.8, 4) is 22.9 Å². The van der Waals surface area contributed by atoms with E-state index in [2.05, 4.69) is 15.5 Å². The highest BCUT2D eigenvalue weighted by molar-refractivity contribution is 5.81. The maximum atomic E-state index is 12.1. The van der Waals surface area contributed by atoms with Crippen molar-refractivity contribution in [3.63, 3.8) is 0 Å². The lowest BCUT2D eigenvalue weighted by atomic mass is 10.2. The lowest BCUT2D eigenvalue weighted by Gasteiger charge is -2.09. The van der Waals surface area contributed by atoms with Gasteiger partial charge in [0, 0.05) is 5.56 Å². The molecule has 4 rings (SSSR count). The van der Waals surface area contributed by atoms with Crippen LogP contribution in [0.4, 0.5) is 0 Å². The first-order valence-electron chi connectivity index (χ1n) is 7.38. The van der Waals surface area contributed by atoms with Crippen LogP contribution in [-0.4, -0.2) is 22.3 Å². The second-order valence-corrected chi connectivity index (χ2v) is 5.11. The summed E-state index contributed by atoms with van der Waals surface area (Å²) in [6.45, 7) is 0.0955. The molecule has 1 aliphatic rings. The summed E-state index contributed by atoms with van der Waals surface area (Å²) in [7, 11) is 0. The van der Waals surface area contributed by atoms with E-state index in [4.69, 9.17) is 14.0 Å². The highest BCUT2D eigenvalue weighted by Crippen LogP contribution is 2.33. The van der Waals surface area contributed by atoms with Crippen LogP contribution in [0.5, 0.6) is 11.5 Å². The van der Waals surface area contributed by atoms with Crippen LogP contribution in [0.15, 0.2) is 59.1 Å². The molecule has 24 heavy (non-hydrogen) atoms. The van der Waals surface area contributed by atoms with Gasteiger partial charge >= 0.3 is 12.2 Å². The van der Waals surface area contributed by atoms with Crippen molar-refractivity contribution in [2.24, 2.45) is 0 Å². The Morgan fingerprint density at radius 1 is 1.00 bits per heavy atom. The number of hydrogen-bond acceptors (Lipinski definition) is 6. The number of para-hydroxylation sites is 2. The van der Waals surface area contributed by atoms with E-state index in [-0.39, 0.29) is 6.54 Å². The third kappa shape index (κ3) is 2.79. The van der Waals surface area contributed by atoms with Gasteiger partial charge in [0.05, 0.1) is 6.54 Å². The molecular weight excluding hydrogens is 310 g/mol. The summed E-state index contributed by atoms with van der Waals surface area (Å²) in [6.07, 6.45) is -1.01. The minimum atomic E-state index is -1.01. The van der Waals surface area contributed by atoms with Crippen LogP contribution >= 0.6 is 0 Å². The van der Waals surface area contributed by atoms with Gasteiger partial charge < -0.3 is 19.3 Å². The number of nitrogens with zero attached hydrogens (tertiary/aromatic N) is 2. The normalized spacial score (nSPS) is 13.0. The molecule has 1 amide bonds. The number of aromatic nitrogens is 2. The summed E-state index contributed by atoms with van der Waals surface area (Å²) < 4.78 is 16.0. The van der Waals surface area contributed by atoms with Gasteiger partial charge in [-0.25, -0.2) is 0 Å². The van der Waals surface area contributed by atoms with Crippen molar-refractivity contribution in [1.29, 1.82) is 0 Å². The van der Waals surface area contributed by atoms with E-state index in [1.165, 1.54) is 0 Å². The SMILES string of the molecule is O=C(NCc1nc(-c2ccccc2)no1)C1Oc2ccccc2O1. The first kappa shape index (κ1) is 14.3. The number of fused-ring (bicyclic) bond motifs is 1. The molecule has 0 fully saturated rings. The van der Waals surface area contributed by atoms with Gasteiger partial charge in [-0.2, -0.15) is 4.98 Å². The number of benzene rings is 2. The largest absolute Gasteiger partial charge is 0.442 e. The standard InChI is InChI=1S/C17H13N3O4/c21-16(17-22-12-8-4-5-9-13(12)23-17)18-10-14-19-15(20-24-14)11-6-2-1-3-7-11/h1-9,17H,10H2,(H,18,21). The molecule has 120 valence electrons. The smallest absolute Gasteiger partial charge is 0.321 e. The van der Waals surface area contributed by atoms with Crippen molar-refractivity contribution in [1.82, 2.24) is 15.5 Å². The van der Waals surface area contributed by atoms with Crippen LogP contribution in [-0.2, 0) is 11.3 Å². The number of hydrogen-bond donors (Lipinski definition) is 1. The maximum absolute atomic E-state index is 12.1. The van der Waals surface area contributed by atoms with Gasteiger partial charge in [-0.3, -0.25) is 4.79 Å². The first-order chi connectivity index (χ1) is 11.8. The van der Waals surface area contributed by atoms with Crippen molar-refractivity contribution >= 4 is 5.91 Å². The highest BCUT2D eigenvalue weighted by atomic mass is 16.7. The lowest BCUT2D eigenvalue weighted by Crippen LogP contribution is -2.39. The summed E-state index contributed by atoms with van der Waals surface area (Å²) in [5.74, 6) is 1.45. The average Bonchev–Trinajstić information content (AvgIpc) is 3.27. The fraction of sp³-hybridized carbons (Fsp3) is 0.118. The zero-order chi connectivity index (χ0) is 16.4. The van der Waals surface area contributed by atoms with Crippen molar-refractivity contribution in [3.05, 3.63) is 60.5 Å². The van der Waals surface area contributed by atoms with E-state index >= 15 is 0 Å². The highest BCUT2D eigenvalue weighted by Gasteiger charge is 2.30. The van der Waals surface area contributed by atoms with Gasteiger partial charge in [-0.1, -0.05) is 47.6 Å². The van der Waals surface area contributed by atoms with Crippen LogP contribution in [0, 0.1) is 0 Å². The minimum absolute atomic E-state index is 0.0955. The van der Waals surface area contributed by atoms with Crippen LogP contribution in [0.25, 0.3) is 11.4 Å². The Labute approximate surface area is 137 Å². The molecule has 1 aliphatic heterocycles. The number of ether oxygens (including phenoxy) is 2. The molecule has 0 unspecified atom stereocenters. The van der Waals surface area contributed by atoms with E-state index < -0.39 is 12.2 Å². The predicted octanol–water partition coefficient (Wildman–Crippen LogP) is 2.15. The van der Waals surface area contributed by atoms with E-state index in [1.54, 1.807) is 12.1 Å². The molecule has 1 N–H and O–H groups in total. The lowest BCUT2D eigenvalue weighted by molar-refractivity contribution is -0.137. The molecule has 0 spiro atoms. The van der Waals surface area contributed by atoms with Crippen LogP contribution < -0.4 is 14.8 Å². The monoisotopic (exact) mass is 323 g/mol. The zero-order valence-electron chi connectivity index (χ0n) is 12.5. The summed E-state index contributed by atoms with van der Waals surface area (Å²) in [6, 6.07) is 16.6. The van der Waals surface area contributed by atoms with Gasteiger partial charge in [-0.15, -0.1) is 0 Å². The molecular formula is C17H13N3O4. The summed E-state index contributed by atoms with van der Waals surface area (Å²) in [4.78, 5) is 16.4. The Balaban J connectivity index is 1.36. The molecule has 0 atom stereocenters. The number of nitrogens with one attached hydrogen (secondary N) is 1. The number of amides is 1. The molecule has 7 heteroatoms. The van der Waals surface area contributed by atoms with Crippen molar-refractivity contribution in [2.75, 3.05) is 0 Å². The molecule has 2 aromatic carbocycles. The molecule has 0 bridgehead atoms. The number of rotatable bonds is 4. The van der Waals surface area contributed by atoms with Gasteiger partial charge in [-0.05, 0) is 12.1 Å². The van der Waals surface area contributed by atoms with Crippen molar-refractivity contribution < 1.29 is 18.8 Å². The fourth-order valence-electron chi connectivity index (χ4n) is 2.28. The summed E-state index contributed by atoms with van der Waals surface area (Å²) in [5, 5.41) is 6.55. The molecule has 0 aliphatic carbocycles.